The summed E-state index contributed by atoms with van der Waals surface area (Å²) in [5.41, 5.74) is 1.52. The summed E-state index contributed by atoms with van der Waals surface area (Å²) in [6.45, 7) is 0.494. The normalized spacial score (nSPS) is 12.5. The third-order valence-corrected chi connectivity index (χ3v) is 6.14. The lowest BCUT2D eigenvalue weighted by Crippen LogP contribution is -2.34. The molecule has 0 aliphatic rings. The molecule has 1 aromatic heterocycles. The van der Waals surface area contributed by atoms with Gasteiger partial charge in [0.1, 0.15) is 0 Å². The first-order valence-corrected chi connectivity index (χ1v) is 10.7. The van der Waals surface area contributed by atoms with Crippen LogP contribution in [0.3, 0.4) is 0 Å². The Hall–Kier alpha value is -2.25. The van der Waals surface area contributed by atoms with Gasteiger partial charge in [0.15, 0.2) is 0 Å². The Kier molecular flexibility index (Phi) is 7.50. The van der Waals surface area contributed by atoms with Crippen LogP contribution in [0.15, 0.2) is 46.0 Å². The number of thiophene rings is 1. The van der Waals surface area contributed by atoms with E-state index in [1.54, 1.807) is 11.3 Å². The fourth-order valence-electron chi connectivity index (χ4n) is 2.46. The monoisotopic (exact) mass is 406 g/mol. The van der Waals surface area contributed by atoms with Crippen LogP contribution in [0.1, 0.15) is 28.4 Å². The molecule has 0 aliphatic heterocycles. The number of nitrogens with one attached hydrogen (secondary N) is 2. The molecule has 0 bridgehead atoms. The van der Waals surface area contributed by atoms with Gasteiger partial charge in [-0.3, -0.25) is 4.79 Å². The van der Waals surface area contributed by atoms with Crippen LogP contribution in [-0.4, -0.2) is 46.4 Å². The second-order valence-electron chi connectivity index (χ2n) is 6.08. The zero-order valence-electron chi connectivity index (χ0n) is 15.2. The minimum Gasteiger partial charge on any atom is -0.350 e. The molecular formula is C18H22N4O3S2. The van der Waals surface area contributed by atoms with E-state index in [-0.39, 0.29) is 29.8 Å². The Morgan fingerprint density at radius 3 is 2.52 bits per heavy atom. The zero-order valence-corrected chi connectivity index (χ0v) is 16.8. The van der Waals surface area contributed by atoms with Gasteiger partial charge in [-0.1, -0.05) is 0 Å². The van der Waals surface area contributed by atoms with Crippen molar-refractivity contribution in [3.63, 3.8) is 0 Å². The molecule has 1 atom stereocenters. The molecule has 1 aromatic carbocycles. The minimum absolute atomic E-state index is 0.0512. The van der Waals surface area contributed by atoms with Crippen LogP contribution in [0.2, 0.25) is 0 Å². The van der Waals surface area contributed by atoms with E-state index >= 15 is 0 Å². The number of rotatable bonds is 9. The molecule has 0 saturated carbocycles. The van der Waals surface area contributed by atoms with Gasteiger partial charge in [-0.2, -0.15) is 16.6 Å². The molecule has 2 rings (SSSR count). The molecule has 0 spiro atoms. The lowest BCUT2D eigenvalue weighted by atomic mass is 10.1. The number of nitrogens with zero attached hydrogens (tertiary/aromatic N) is 2. The molecule has 9 heteroatoms. The predicted molar refractivity (Wildman–Crippen MR) is 105 cm³/mol. The van der Waals surface area contributed by atoms with Crippen molar-refractivity contribution >= 4 is 27.3 Å². The number of hydrogen-bond acceptors (Lipinski definition) is 6. The van der Waals surface area contributed by atoms with Crippen molar-refractivity contribution in [2.75, 3.05) is 27.2 Å². The maximum Gasteiger partial charge on any atom is 0.251 e. The summed E-state index contributed by atoms with van der Waals surface area (Å²) in [6, 6.07) is 9.67. The van der Waals surface area contributed by atoms with Crippen LogP contribution in [0, 0.1) is 11.3 Å². The van der Waals surface area contributed by atoms with Crippen molar-refractivity contribution in [3.8, 4) is 6.07 Å². The molecule has 1 unspecified atom stereocenters. The van der Waals surface area contributed by atoms with E-state index in [4.69, 9.17) is 5.26 Å². The number of carbonyl (C=O) groups excluding carboxylic acids is 1. The van der Waals surface area contributed by atoms with Gasteiger partial charge in [0, 0.05) is 25.1 Å². The first-order chi connectivity index (χ1) is 12.8. The topological polar surface area (TPSA) is 102 Å². The Balaban J connectivity index is 2.00. The van der Waals surface area contributed by atoms with E-state index in [0.29, 0.717) is 12.1 Å². The number of carbonyl (C=O) groups is 1. The molecule has 0 radical (unpaired) electrons. The highest BCUT2D eigenvalue weighted by atomic mass is 32.2. The summed E-state index contributed by atoms with van der Waals surface area (Å²) in [6.07, 6.45) is 0.0941. The van der Waals surface area contributed by atoms with E-state index in [9.17, 15) is 13.2 Å². The summed E-state index contributed by atoms with van der Waals surface area (Å²) in [7, 11) is 0.224. The number of hydrogen-bond donors (Lipinski definition) is 2. The molecular weight excluding hydrogens is 384 g/mol. The Morgan fingerprint density at radius 1 is 1.26 bits per heavy atom. The third-order valence-electron chi connectivity index (χ3n) is 3.96. The lowest BCUT2D eigenvalue weighted by Gasteiger charge is -2.24. The summed E-state index contributed by atoms with van der Waals surface area (Å²) >= 11 is 1.61. The molecule has 1 amide bonds. The number of amides is 1. The van der Waals surface area contributed by atoms with Crippen molar-refractivity contribution in [3.05, 3.63) is 52.2 Å². The fraction of sp³-hybridized carbons (Fsp3) is 0.333. The highest BCUT2D eigenvalue weighted by Gasteiger charge is 2.17. The van der Waals surface area contributed by atoms with Gasteiger partial charge in [-0.15, -0.1) is 0 Å². The van der Waals surface area contributed by atoms with Gasteiger partial charge >= 0.3 is 0 Å². The van der Waals surface area contributed by atoms with Gasteiger partial charge in [0.25, 0.3) is 5.91 Å². The molecule has 27 heavy (non-hydrogen) atoms. The average Bonchev–Trinajstić information content (AvgIpc) is 3.16. The highest BCUT2D eigenvalue weighted by Crippen LogP contribution is 2.20. The number of likely N-dealkylation sites (N-methyl/N-ethyl adjacent to an activating group) is 1. The first kappa shape index (κ1) is 21.1. The van der Waals surface area contributed by atoms with E-state index in [1.165, 1.54) is 24.3 Å². The highest BCUT2D eigenvalue weighted by molar-refractivity contribution is 7.89. The Morgan fingerprint density at radius 2 is 1.96 bits per heavy atom. The molecule has 0 aliphatic carbocycles. The molecule has 0 fully saturated rings. The van der Waals surface area contributed by atoms with E-state index in [2.05, 4.69) is 15.4 Å². The minimum atomic E-state index is -3.68. The van der Waals surface area contributed by atoms with E-state index in [0.717, 1.165) is 5.56 Å². The largest absolute Gasteiger partial charge is 0.350 e. The summed E-state index contributed by atoms with van der Waals surface area (Å²) in [5, 5.41) is 15.4. The molecule has 7 nitrogen and oxygen atoms in total. The lowest BCUT2D eigenvalue weighted by molar-refractivity contribution is 0.0942. The van der Waals surface area contributed by atoms with Gasteiger partial charge in [-0.05, 0) is 60.8 Å². The number of sulfonamides is 1. The molecule has 144 valence electrons. The first-order valence-electron chi connectivity index (χ1n) is 8.28. The van der Waals surface area contributed by atoms with Gasteiger partial charge < -0.3 is 10.2 Å². The second kappa shape index (κ2) is 9.62. The maximum atomic E-state index is 12.4. The van der Waals surface area contributed by atoms with Gasteiger partial charge in [0.2, 0.25) is 10.0 Å². The van der Waals surface area contributed by atoms with Crippen LogP contribution >= 0.6 is 11.3 Å². The fourth-order valence-corrected chi connectivity index (χ4v) is 4.20. The van der Waals surface area contributed by atoms with Gasteiger partial charge in [-0.25, -0.2) is 13.1 Å². The van der Waals surface area contributed by atoms with Gasteiger partial charge in [0.05, 0.1) is 17.0 Å². The molecule has 2 aromatic rings. The van der Waals surface area contributed by atoms with E-state index < -0.39 is 10.0 Å². The Bertz CT molecular complexity index is 886. The van der Waals surface area contributed by atoms with Crippen LogP contribution in [0.4, 0.5) is 0 Å². The predicted octanol–water partition coefficient (Wildman–Crippen LogP) is 1.97. The maximum absolute atomic E-state index is 12.4. The van der Waals surface area contributed by atoms with Crippen LogP contribution < -0.4 is 10.0 Å². The van der Waals surface area contributed by atoms with Crippen molar-refractivity contribution in [2.24, 2.45) is 0 Å². The SMILES string of the molecule is CN(C)C(CNC(=O)c1ccc(S(=O)(=O)NCCC#N)cc1)c1ccsc1. The van der Waals surface area contributed by atoms with E-state index in [1.807, 2.05) is 36.5 Å². The second-order valence-corrected chi connectivity index (χ2v) is 8.62. The summed E-state index contributed by atoms with van der Waals surface area (Å²) < 4.78 is 26.5. The van der Waals surface area contributed by atoms with Crippen molar-refractivity contribution in [1.29, 1.82) is 5.26 Å². The molecule has 0 saturated heterocycles. The molecule has 1 heterocycles. The zero-order chi connectivity index (χ0) is 19.9. The van der Waals surface area contributed by atoms with Crippen LogP contribution in [-0.2, 0) is 10.0 Å². The van der Waals surface area contributed by atoms with Crippen LogP contribution in [0.5, 0.6) is 0 Å². The van der Waals surface area contributed by atoms with Crippen molar-refractivity contribution in [2.45, 2.75) is 17.4 Å². The third kappa shape index (κ3) is 5.87. The number of nitriles is 1. The van der Waals surface area contributed by atoms with Crippen LogP contribution in [0.25, 0.3) is 0 Å². The Labute approximate surface area is 163 Å². The van der Waals surface area contributed by atoms with Crippen molar-refractivity contribution in [1.82, 2.24) is 14.9 Å². The quantitative estimate of drug-likeness (QED) is 0.620. The molecule has 2 N–H and O–H groups in total. The van der Waals surface area contributed by atoms with Crippen molar-refractivity contribution < 1.29 is 13.2 Å². The summed E-state index contributed by atoms with van der Waals surface area (Å²) in [5.74, 6) is -0.265. The summed E-state index contributed by atoms with van der Waals surface area (Å²) in [4.78, 5) is 14.5. The average molecular weight is 407 g/mol. The standard InChI is InChI=1S/C18H22N4O3S2/c1-22(2)17(15-8-11-26-13-15)12-20-18(23)14-4-6-16(7-5-14)27(24,25)21-10-3-9-19/h4-8,11,13,17,21H,3,10,12H2,1-2H3,(H,20,23). The number of benzene rings is 1. The smallest absolute Gasteiger partial charge is 0.251 e.